The van der Waals surface area contributed by atoms with Crippen molar-refractivity contribution in [2.24, 2.45) is 5.92 Å². The third-order valence-corrected chi connectivity index (χ3v) is 8.68. The summed E-state index contributed by atoms with van der Waals surface area (Å²) in [7, 11) is 3.24. The SMILES string of the molecule is COc1cc(COc2c(C)cccc2-c2csc(N3CC[C@@H](C(=O)OC(C)(C)C)[C@@H](OC)C3)n2)c(F)c2c1CNCC2. The predicted molar refractivity (Wildman–Crippen MR) is 162 cm³/mol. The summed E-state index contributed by atoms with van der Waals surface area (Å²) in [5, 5.41) is 6.14. The predicted octanol–water partition coefficient (Wildman–Crippen LogP) is 5.67. The van der Waals surface area contributed by atoms with Crippen molar-refractivity contribution in [3.63, 3.8) is 0 Å². The van der Waals surface area contributed by atoms with Crippen LogP contribution in [0.3, 0.4) is 0 Å². The molecule has 0 radical (unpaired) electrons. The van der Waals surface area contributed by atoms with E-state index in [9.17, 15) is 4.79 Å². The molecular weight excluding hydrogens is 557 g/mol. The fourth-order valence-electron chi connectivity index (χ4n) is 5.66. The third kappa shape index (κ3) is 6.40. The quantitative estimate of drug-likeness (QED) is 0.333. The van der Waals surface area contributed by atoms with Gasteiger partial charge in [0.15, 0.2) is 5.13 Å². The van der Waals surface area contributed by atoms with Gasteiger partial charge < -0.3 is 29.2 Å². The van der Waals surface area contributed by atoms with Crippen molar-refractivity contribution in [1.82, 2.24) is 10.3 Å². The van der Waals surface area contributed by atoms with Crippen LogP contribution in [0.4, 0.5) is 9.52 Å². The topological polar surface area (TPSA) is 82.2 Å². The Hall–Kier alpha value is -3.21. The van der Waals surface area contributed by atoms with Gasteiger partial charge in [-0.1, -0.05) is 12.1 Å². The van der Waals surface area contributed by atoms with Crippen LogP contribution in [0.25, 0.3) is 11.3 Å². The van der Waals surface area contributed by atoms with E-state index in [4.69, 9.17) is 23.9 Å². The highest BCUT2D eigenvalue weighted by atomic mass is 32.1. The van der Waals surface area contributed by atoms with Crippen LogP contribution in [0.5, 0.6) is 11.5 Å². The molecule has 2 aliphatic rings. The molecule has 1 saturated heterocycles. The number of piperidine rings is 1. The molecule has 1 aromatic heterocycles. The average Bonchev–Trinajstić information content (AvgIpc) is 3.46. The first-order valence-corrected chi connectivity index (χ1v) is 15.2. The van der Waals surface area contributed by atoms with Gasteiger partial charge in [-0.15, -0.1) is 11.3 Å². The molecule has 0 aliphatic carbocycles. The highest BCUT2D eigenvalue weighted by Crippen LogP contribution is 2.38. The monoisotopic (exact) mass is 597 g/mol. The number of aromatic nitrogens is 1. The Kier molecular flexibility index (Phi) is 9.05. The zero-order valence-corrected chi connectivity index (χ0v) is 26.0. The molecule has 8 nitrogen and oxygen atoms in total. The van der Waals surface area contributed by atoms with Gasteiger partial charge in [0, 0.05) is 48.8 Å². The lowest BCUT2D eigenvalue weighted by atomic mass is 9.93. The number of fused-ring (bicyclic) bond motifs is 1. The van der Waals surface area contributed by atoms with Gasteiger partial charge >= 0.3 is 5.97 Å². The van der Waals surface area contributed by atoms with E-state index in [0.29, 0.717) is 55.1 Å². The fourth-order valence-corrected chi connectivity index (χ4v) is 6.52. The van der Waals surface area contributed by atoms with Crippen LogP contribution < -0.4 is 19.7 Å². The van der Waals surface area contributed by atoms with Crippen molar-refractivity contribution in [2.75, 3.05) is 38.8 Å². The van der Waals surface area contributed by atoms with Crippen LogP contribution in [0.1, 0.15) is 49.4 Å². The summed E-state index contributed by atoms with van der Waals surface area (Å²) < 4.78 is 38.8. The number of carbonyl (C=O) groups is 1. The Labute approximate surface area is 251 Å². The minimum Gasteiger partial charge on any atom is -0.496 e. The van der Waals surface area contributed by atoms with Crippen LogP contribution in [0, 0.1) is 18.7 Å². The van der Waals surface area contributed by atoms with Gasteiger partial charge in [-0.3, -0.25) is 4.79 Å². The summed E-state index contributed by atoms with van der Waals surface area (Å²) in [6.45, 7) is 10.2. The second-order valence-electron chi connectivity index (χ2n) is 11.8. The van der Waals surface area contributed by atoms with E-state index in [2.05, 4.69) is 10.2 Å². The maximum Gasteiger partial charge on any atom is 0.312 e. The van der Waals surface area contributed by atoms with Crippen molar-refractivity contribution in [3.05, 3.63) is 57.7 Å². The van der Waals surface area contributed by atoms with Gasteiger partial charge in [0.05, 0.1) is 24.8 Å². The number of benzene rings is 2. The molecule has 10 heteroatoms. The summed E-state index contributed by atoms with van der Waals surface area (Å²) in [6.07, 6.45) is 0.937. The summed E-state index contributed by atoms with van der Waals surface area (Å²) in [6, 6.07) is 7.67. The number of nitrogens with zero attached hydrogens (tertiary/aromatic N) is 2. The summed E-state index contributed by atoms with van der Waals surface area (Å²) >= 11 is 1.54. The molecule has 0 amide bonds. The molecule has 2 aromatic carbocycles. The standard InChI is InChI=1S/C32H40FN3O5S/c1-19-8-7-9-22(29(19)40-17-20-14-26(38-5)24-15-34-12-10-21(24)28(20)33)25-18-42-31(35-25)36-13-11-23(27(16-36)39-6)30(37)41-32(2,3)4/h7-9,14,18,23,27,34H,10-13,15-17H2,1-6H3/t23-,27+/m1/s1. The van der Waals surface area contributed by atoms with E-state index in [0.717, 1.165) is 34.1 Å². The number of methoxy groups -OCH3 is 2. The zero-order valence-electron chi connectivity index (χ0n) is 25.2. The number of hydrogen-bond donors (Lipinski definition) is 1. The Bertz CT molecular complexity index is 1440. The minimum atomic E-state index is -0.542. The molecule has 3 aromatic rings. The number of halogens is 1. The lowest BCUT2D eigenvalue weighted by Gasteiger charge is -2.37. The third-order valence-electron chi connectivity index (χ3n) is 7.78. The first-order valence-electron chi connectivity index (χ1n) is 14.4. The molecule has 2 aliphatic heterocycles. The summed E-state index contributed by atoms with van der Waals surface area (Å²) in [5.41, 5.74) is 4.08. The number of thiazole rings is 1. The van der Waals surface area contributed by atoms with Crippen LogP contribution in [-0.4, -0.2) is 56.5 Å². The largest absolute Gasteiger partial charge is 0.496 e. The Balaban J connectivity index is 1.34. The average molecular weight is 598 g/mol. The van der Waals surface area contributed by atoms with Crippen molar-refractivity contribution in [3.8, 4) is 22.8 Å². The molecule has 1 fully saturated rings. The lowest BCUT2D eigenvalue weighted by molar-refractivity contribution is -0.165. The van der Waals surface area contributed by atoms with E-state index < -0.39 is 5.60 Å². The highest BCUT2D eigenvalue weighted by Gasteiger charge is 2.38. The van der Waals surface area contributed by atoms with Gasteiger partial charge in [0.1, 0.15) is 29.5 Å². The number of carbonyl (C=O) groups excluding carboxylic acids is 1. The lowest BCUT2D eigenvalue weighted by Crippen LogP contribution is -2.49. The van der Waals surface area contributed by atoms with Crippen LogP contribution in [0.2, 0.25) is 0 Å². The van der Waals surface area contributed by atoms with Crippen molar-refractivity contribution in [2.45, 2.75) is 65.4 Å². The number of aryl methyl sites for hydroxylation is 1. The van der Waals surface area contributed by atoms with Gasteiger partial charge in [0.25, 0.3) is 0 Å². The molecular formula is C32H40FN3O5S. The van der Waals surface area contributed by atoms with E-state index in [1.54, 1.807) is 31.6 Å². The van der Waals surface area contributed by atoms with Gasteiger partial charge in [0.2, 0.25) is 0 Å². The molecule has 5 rings (SSSR count). The Morgan fingerprint density at radius 3 is 2.79 bits per heavy atom. The molecule has 0 unspecified atom stereocenters. The van der Waals surface area contributed by atoms with Crippen molar-refractivity contribution < 1.29 is 28.1 Å². The van der Waals surface area contributed by atoms with Crippen LogP contribution in [0.15, 0.2) is 29.6 Å². The Morgan fingerprint density at radius 2 is 2.05 bits per heavy atom. The number of anilines is 1. The molecule has 0 bridgehead atoms. The zero-order chi connectivity index (χ0) is 30.0. The van der Waals surface area contributed by atoms with E-state index >= 15 is 4.39 Å². The highest BCUT2D eigenvalue weighted by molar-refractivity contribution is 7.14. The van der Waals surface area contributed by atoms with Crippen LogP contribution >= 0.6 is 11.3 Å². The summed E-state index contributed by atoms with van der Waals surface area (Å²) in [4.78, 5) is 19.9. The maximum absolute atomic E-state index is 15.5. The van der Waals surface area contributed by atoms with Gasteiger partial charge in [-0.2, -0.15) is 0 Å². The van der Waals surface area contributed by atoms with Crippen molar-refractivity contribution >= 4 is 22.4 Å². The first kappa shape index (κ1) is 30.3. The second kappa shape index (κ2) is 12.6. The van der Waals surface area contributed by atoms with Crippen LogP contribution in [-0.2, 0) is 33.8 Å². The smallest absolute Gasteiger partial charge is 0.312 e. The number of hydrogen-bond acceptors (Lipinski definition) is 9. The van der Waals surface area contributed by atoms with E-state index in [1.165, 1.54) is 0 Å². The first-order chi connectivity index (χ1) is 20.1. The second-order valence-corrected chi connectivity index (χ2v) is 12.7. The van der Waals surface area contributed by atoms with Gasteiger partial charge in [-0.25, -0.2) is 9.37 Å². The van der Waals surface area contributed by atoms with E-state index in [1.807, 2.05) is 51.3 Å². The number of ether oxygens (including phenoxy) is 4. The minimum absolute atomic E-state index is 0.0748. The molecule has 1 N–H and O–H groups in total. The molecule has 0 spiro atoms. The molecule has 2 atom stereocenters. The fraction of sp³-hybridized carbons (Fsp3) is 0.500. The van der Waals surface area contributed by atoms with Gasteiger partial charge in [-0.05, 0) is 70.3 Å². The molecule has 226 valence electrons. The molecule has 0 saturated carbocycles. The molecule has 42 heavy (non-hydrogen) atoms. The number of nitrogens with one attached hydrogen (secondary N) is 1. The number of rotatable bonds is 8. The number of para-hydroxylation sites is 1. The van der Waals surface area contributed by atoms with Crippen molar-refractivity contribution in [1.29, 1.82) is 0 Å². The normalized spacial score (nSPS) is 18.9. The molecule has 3 heterocycles. The number of esters is 1. The maximum atomic E-state index is 15.5. The van der Waals surface area contributed by atoms with E-state index in [-0.39, 0.29) is 30.4 Å². The summed E-state index contributed by atoms with van der Waals surface area (Å²) in [5.74, 6) is 0.586. The Morgan fingerprint density at radius 1 is 1.24 bits per heavy atom.